The first-order valence-corrected chi connectivity index (χ1v) is 7.51. The van der Waals surface area contributed by atoms with Gasteiger partial charge in [0.1, 0.15) is 5.75 Å². The summed E-state index contributed by atoms with van der Waals surface area (Å²) in [5.41, 5.74) is 1.95. The lowest BCUT2D eigenvalue weighted by Crippen LogP contribution is -2.27. The molecule has 1 N–H and O–H groups in total. The van der Waals surface area contributed by atoms with Gasteiger partial charge < -0.3 is 10.1 Å². The molecule has 0 amide bonds. The van der Waals surface area contributed by atoms with Crippen molar-refractivity contribution in [3.63, 3.8) is 0 Å². The summed E-state index contributed by atoms with van der Waals surface area (Å²) in [7, 11) is 1.72. The molecule has 2 rings (SSSR count). The molecular weight excluding hydrogens is 234 g/mol. The number of nitrogens with one attached hydrogen (secondary N) is 1. The summed E-state index contributed by atoms with van der Waals surface area (Å²) in [4.78, 5) is 0. The fourth-order valence-corrected chi connectivity index (χ4v) is 3.25. The molecule has 0 saturated heterocycles. The van der Waals surface area contributed by atoms with Crippen LogP contribution >= 0.6 is 0 Å². The van der Waals surface area contributed by atoms with Gasteiger partial charge in [0.2, 0.25) is 0 Å². The van der Waals surface area contributed by atoms with Gasteiger partial charge in [0, 0.05) is 6.04 Å². The average molecular weight is 261 g/mol. The largest absolute Gasteiger partial charge is 0.497 e. The SMILES string of the molecule is CCNC1CCC(C)(CCc2ccc(OC)cc2)C1. The van der Waals surface area contributed by atoms with Gasteiger partial charge in [-0.15, -0.1) is 0 Å². The Labute approximate surface area is 117 Å². The first-order chi connectivity index (χ1) is 9.15. The Balaban J connectivity index is 1.84. The summed E-state index contributed by atoms with van der Waals surface area (Å²) in [5, 5.41) is 3.60. The first kappa shape index (κ1) is 14.4. The van der Waals surface area contributed by atoms with Gasteiger partial charge in [0.05, 0.1) is 7.11 Å². The highest BCUT2D eigenvalue weighted by Crippen LogP contribution is 2.41. The third-order valence-electron chi connectivity index (χ3n) is 4.50. The Kier molecular flexibility index (Phi) is 4.87. The van der Waals surface area contributed by atoms with Gasteiger partial charge in [-0.25, -0.2) is 0 Å². The van der Waals surface area contributed by atoms with Crippen LogP contribution in [0.5, 0.6) is 5.75 Å². The molecule has 1 fully saturated rings. The predicted molar refractivity (Wildman–Crippen MR) is 80.7 cm³/mol. The smallest absolute Gasteiger partial charge is 0.118 e. The molecule has 0 radical (unpaired) electrons. The van der Waals surface area contributed by atoms with Gasteiger partial charge in [-0.05, 0) is 61.8 Å². The summed E-state index contributed by atoms with van der Waals surface area (Å²) in [6.07, 6.45) is 6.51. The fourth-order valence-electron chi connectivity index (χ4n) is 3.25. The number of hydrogen-bond acceptors (Lipinski definition) is 2. The first-order valence-electron chi connectivity index (χ1n) is 7.51. The van der Waals surface area contributed by atoms with Crippen LogP contribution in [0.1, 0.15) is 45.1 Å². The topological polar surface area (TPSA) is 21.3 Å². The monoisotopic (exact) mass is 261 g/mol. The molecule has 0 aliphatic heterocycles. The molecule has 1 saturated carbocycles. The van der Waals surface area contributed by atoms with Crippen molar-refractivity contribution in [3.8, 4) is 5.75 Å². The maximum absolute atomic E-state index is 5.20. The molecule has 1 aromatic carbocycles. The number of aryl methyl sites for hydroxylation is 1. The van der Waals surface area contributed by atoms with E-state index in [2.05, 4.69) is 43.4 Å². The minimum atomic E-state index is 0.521. The quantitative estimate of drug-likeness (QED) is 0.841. The third-order valence-corrected chi connectivity index (χ3v) is 4.50. The van der Waals surface area contributed by atoms with Crippen molar-refractivity contribution in [3.05, 3.63) is 29.8 Å². The van der Waals surface area contributed by atoms with Gasteiger partial charge in [0.15, 0.2) is 0 Å². The van der Waals surface area contributed by atoms with Crippen LogP contribution in [0.15, 0.2) is 24.3 Å². The van der Waals surface area contributed by atoms with E-state index in [-0.39, 0.29) is 0 Å². The Morgan fingerprint density at radius 3 is 2.68 bits per heavy atom. The van der Waals surface area contributed by atoms with Crippen molar-refractivity contribution in [2.45, 2.75) is 52.0 Å². The molecule has 106 valence electrons. The van der Waals surface area contributed by atoms with Crippen LogP contribution in [0.4, 0.5) is 0 Å². The van der Waals surface area contributed by atoms with Gasteiger partial charge >= 0.3 is 0 Å². The maximum Gasteiger partial charge on any atom is 0.118 e. The van der Waals surface area contributed by atoms with Gasteiger partial charge in [-0.3, -0.25) is 0 Å². The van der Waals surface area contributed by atoms with E-state index < -0.39 is 0 Å². The van der Waals surface area contributed by atoms with Gasteiger partial charge in [0.25, 0.3) is 0 Å². The lowest BCUT2D eigenvalue weighted by molar-refractivity contribution is 0.298. The van der Waals surface area contributed by atoms with Gasteiger partial charge in [-0.2, -0.15) is 0 Å². The molecule has 0 spiro atoms. The molecule has 1 aromatic rings. The second kappa shape index (κ2) is 6.42. The molecule has 1 aliphatic rings. The summed E-state index contributed by atoms with van der Waals surface area (Å²) in [5.74, 6) is 0.947. The Bertz CT molecular complexity index is 387. The van der Waals surface area contributed by atoms with Crippen molar-refractivity contribution in [1.29, 1.82) is 0 Å². The number of hydrogen-bond donors (Lipinski definition) is 1. The number of ether oxygens (including phenoxy) is 1. The molecule has 2 unspecified atom stereocenters. The summed E-state index contributed by atoms with van der Waals surface area (Å²) >= 11 is 0. The lowest BCUT2D eigenvalue weighted by atomic mass is 9.82. The highest BCUT2D eigenvalue weighted by Gasteiger charge is 2.33. The average Bonchev–Trinajstić information content (AvgIpc) is 2.80. The summed E-state index contributed by atoms with van der Waals surface area (Å²) in [6, 6.07) is 9.25. The van der Waals surface area contributed by atoms with Crippen molar-refractivity contribution in [1.82, 2.24) is 5.32 Å². The molecule has 0 bridgehead atoms. The van der Waals surface area contributed by atoms with Crippen molar-refractivity contribution in [2.24, 2.45) is 5.41 Å². The van der Waals surface area contributed by atoms with Crippen molar-refractivity contribution < 1.29 is 4.74 Å². The van der Waals surface area contributed by atoms with Crippen LogP contribution in [0, 0.1) is 5.41 Å². The van der Waals surface area contributed by atoms with Crippen LogP contribution in [0.25, 0.3) is 0 Å². The van der Waals surface area contributed by atoms with E-state index in [4.69, 9.17) is 4.74 Å². The normalized spacial score (nSPS) is 26.6. The molecule has 1 aliphatic carbocycles. The van der Waals surface area contributed by atoms with E-state index in [9.17, 15) is 0 Å². The minimum absolute atomic E-state index is 0.521. The number of methoxy groups -OCH3 is 1. The molecule has 2 nitrogen and oxygen atoms in total. The highest BCUT2D eigenvalue weighted by atomic mass is 16.5. The third kappa shape index (κ3) is 3.97. The van der Waals surface area contributed by atoms with E-state index in [1.54, 1.807) is 7.11 Å². The van der Waals surface area contributed by atoms with Crippen LogP contribution < -0.4 is 10.1 Å². The van der Waals surface area contributed by atoms with E-state index in [1.807, 2.05) is 0 Å². The van der Waals surface area contributed by atoms with Crippen molar-refractivity contribution >= 4 is 0 Å². The van der Waals surface area contributed by atoms with E-state index >= 15 is 0 Å². The molecule has 2 atom stereocenters. The summed E-state index contributed by atoms with van der Waals surface area (Å²) < 4.78 is 5.20. The molecule has 0 heterocycles. The zero-order valence-corrected chi connectivity index (χ0v) is 12.5. The summed E-state index contributed by atoms with van der Waals surface area (Å²) in [6.45, 7) is 5.75. The van der Waals surface area contributed by atoms with Crippen LogP contribution in [-0.4, -0.2) is 19.7 Å². The molecular formula is C17H27NO. The van der Waals surface area contributed by atoms with Crippen molar-refractivity contribution in [2.75, 3.05) is 13.7 Å². The van der Waals surface area contributed by atoms with Gasteiger partial charge in [-0.1, -0.05) is 26.0 Å². The van der Waals surface area contributed by atoms with E-state index in [0.29, 0.717) is 5.41 Å². The zero-order chi connectivity index (χ0) is 13.7. The molecule has 19 heavy (non-hydrogen) atoms. The number of rotatable bonds is 6. The number of benzene rings is 1. The molecule has 2 heteroatoms. The maximum atomic E-state index is 5.20. The van der Waals surface area contributed by atoms with E-state index in [1.165, 1.54) is 37.7 Å². The lowest BCUT2D eigenvalue weighted by Gasteiger charge is -2.24. The standard InChI is InChI=1S/C17H27NO/c1-4-18-15-10-12-17(2,13-15)11-9-14-5-7-16(19-3)8-6-14/h5-8,15,18H,4,9-13H2,1-3H3. The minimum Gasteiger partial charge on any atom is -0.497 e. The molecule has 0 aromatic heterocycles. The second-order valence-corrected chi connectivity index (χ2v) is 6.16. The Hall–Kier alpha value is -1.02. The Morgan fingerprint density at radius 1 is 1.32 bits per heavy atom. The predicted octanol–water partition coefficient (Wildman–Crippen LogP) is 3.80. The second-order valence-electron chi connectivity index (χ2n) is 6.16. The van der Waals surface area contributed by atoms with Crippen LogP contribution in [0.2, 0.25) is 0 Å². The fraction of sp³-hybridized carbons (Fsp3) is 0.647. The zero-order valence-electron chi connectivity index (χ0n) is 12.5. The Morgan fingerprint density at radius 2 is 2.05 bits per heavy atom. The van der Waals surface area contributed by atoms with Crippen LogP contribution in [0.3, 0.4) is 0 Å². The van der Waals surface area contributed by atoms with Crippen LogP contribution in [-0.2, 0) is 6.42 Å². The van der Waals surface area contributed by atoms with E-state index in [0.717, 1.165) is 18.3 Å². The highest BCUT2D eigenvalue weighted by molar-refractivity contribution is 5.27.